The number of hydrogen-bond donors (Lipinski definition) is 1. The van der Waals surface area contributed by atoms with Crippen LogP contribution in [0, 0.1) is 20.8 Å². The molecule has 0 atom stereocenters. The zero-order chi connectivity index (χ0) is 17.3. The van der Waals surface area contributed by atoms with E-state index in [2.05, 4.69) is 9.88 Å². The molecule has 1 aromatic carbocycles. The van der Waals surface area contributed by atoms with E-state index in [9.17, 15) is 8.42 Å². The molecule has 0 bridgehead atoms. The van der Waals surface area contributed by atoms with Crippen molar-refractivity contribution < 1.29 is 12.9 Å². The molecule has 0 spiro atoms. The molecule has 0 amide bonds. The lowest BCUT2D eigenvalue weighted by Crippen LogP contribution is -2.24. The third-order valence-corrected chi connectivity index (χ3v) is 6.38. The molecule has 0 aliphatic rings. The predicted molar refractivity (Wildman–Crippen MR) is 94.5 cm³/mol. The molecule has 3 rings (SSSR count). The molecule has 2 heterocycles. The van der Waals surface area contributed by atoms with E-state index in [1.54, 1.807) is 6.07 Å². The Morgan fingerprint density at radius 2 is 1.83 bits per heavy atom. The highest BCUT2D eigenvalue weighted by molar-refractivity contribution is 7.89. The fourth-order valence-electron chi connectivity index (χ4n) is 2.60. The van der Waals surface area contributed by atoms with Gasteiger partial charge in [0.15, 0.2) is 5.76 Å². The summed E-state index contributed by atoms with van der Waals surface area (Å²) in [7, 11) is -3.67. The quantitative estimate of drug-likeness (QED) is 0.749. The Balaban J connectivity index is 1.99. The number of aryl methyl sites for hydroxylation is 3. The molecule has 0 saturated heterocycles. The molecule has 7 heteroatoms. The van der Waals surface area contributed by atoms with Crippen LogP contribution in [0.2, 0.25) is 0 Å². The van der Waals surface area contributed by atoms with E-state index in [1.807, 2.05) is 51.1 Å². The molecule has 0 fully saturated rings. The number of nitrogens with one attached hydrogen (secondary N) is 1. The Hall–Kier alpha value is -1.96. The van der Waals surface area contributed by atoms with E-state index in [-0.39, 0.29) is 11.4 Å². The SMILES string of the molecule is Cc1cc(-c2c(C)sc(C)c2S(=O)(=O)NCc2ccccc2)on1. The van der Waals surface area contributed by atoms with Crippen LogP contribution in [0.4, 0.5) is 0 Å². The van der Waals surface area contributed by atoms with Gasteiger partial charge >= 0.3 is 0 Å². The van der Waals surface area contributed by atoms with Crippen LogP contribution in [-0.2, 0) is 16.6 Å². The van der Waals surface area contributed by atoms with E-state index in [4.69, 9.17) is 4.52 Å². The average Bonchev–Trinajstić information content (AvgIpc) is 3.09. The van der Waals surface area contributed by atoms with E-state index in [0.29, 0.717) is 17.0 Å². The number of aromatic nitrogens is 1. The van der Waals surface area contributed by atoms with Gasteiger partial charge in [-0.3, -0.25) is 0 Å². The van der Waals surface area contributed by atoms with Crippen molar-refractivity contribution in [2.24, 2.45) is 0 Å². The Labute approximate surface area is 145 Å². The van der Waals surface area contributed by atoms with E-state index in [1.165, 1.54) is 11.3 Å². The zero-order valence-electron chi connectivity index (χ0n) is 13.7. The Kier molecular flexibility index (Phi) is 4.58. The Morgan fingerprint density at radius 1 is 1.12 bits per heavy atom. The molecule has 0 radical (unpaired) electrons. The van der Waals surface area contributed by atoms with Gasteiger partial charge in [-0.25, -0.2) is 13.1 Å². The molecule has 5 nitrogen and oxygen atoms in total. The third-order valence-electron chi connectivity index (χ3n) is 3.66. The smallest absolute Gasteiger partial charge is 0.242 e. The molecule has 1 N–H and O–H groups in total. The van der Waals surface area contributed by atoms with Crippen LogP contribution >= 0.6 is 11.3 Å². The summed E-state index contributed by atoms with van der Waals surface area (Å²) >= 11 is 1.44. The van der Waals surface area contributed by atoms with Gasteiger partial charge in [0, 0.05) is 22.4 Å². The van der Waals surface area contributed by atoms with Crippen LogP contribution in [0.25, 0.3) is 11.3 Å². The lowest BCUT2D eigenvalue weighted by molar-refractivity contribution is 0.426. The minimum atomic E-state index is -3.67. The van der Waals surface area contributed by atoms with Gasteiger partial charge in [-0.1, -0.05) is 35.5 Å². The minimum Gasteiger partial charge on any atom is -0.356 e. The molecule has 126 valence electrons. The van der Waals surface area contributed by atoms with Gasteiger partial charge in [0.1, 0.15) is 4.90 Å². The van der Waals surface area contributed by atoms with Gasteiger partial charge in [-0.05, 0) is 26.3 Å². The zero-order valence-corrected chi connectivity index (χ0v) is 15.3. The second-order valence-electron chi connectivity index (χ2n) is 5.56. The Morgan fingerprint density at radius 3 is 2.46 bits per heavy atom. The van der Waals surface area contributed by atoms with Gasteiger partial charge < -0.3 is 4.52 Å². The lowest BCUT2D eigenvalue weighted by Gasteiger charge is -2.08. The van der Waals surface area contributed by atoms with Crippen molar-refractivity contribution in [1.29, 1.82) is 0 Å². The summed E-state index contributed by atoms with van der Waals surface area (Å²) < 4.78 is 33.7. The largest absolute Gasteiger partial charge is 0.356 e. The monoisotopic (exact) mass is 362 g/mol. The van der Waals surface area contributed by atoms with Crippen LogP contribution in [0.1, 0.15) is 21.0 Å². The molecular weight excluding hydrogens is 344 g/mol. The van der Waals surface area contributed by atoms with Crippen molar-refractivity contribution in [3.05, 3.63) is 57.4 Å². The number of rotatable bonds is 5. The topological polar surface area (TPSA) is 72.2 Å². The second-order valence-corrected chi connectivity index (χ2v) is 8.69. The summed E-state index contributed by atoms with van der Waals surface area (Å²) in [5.41, 5.74) is 2.22. The molecule has 0 unspecified atom stereocenters. The minimum absolute atomic E-state index is 0.242. The van der Waals surface area contributed by atoms with Crippen molar-refractivity contribution in [1.82, 2.24) is 9.88 Å². The summed E-state index contributed by atoms with van der Waals surface area (Å²) in [6.07, 6.45) is 0. The first-order chi connectivity index (χ1) is 11.4. The Bertz CT molecular complexity index is 957. The molecule has 3 aromatic rings. The number of nitrogens with zero attached hydrogens (tertiary/aromatic N) is 1. The number of hydrogen-bond acceptors (Lipinski definition) is 5. The predicted octanol–water partition coefficient (Wildman–Crippen LogP) is 3.81. The van der Waals surface area contributed by atoms with Crippen LogP contribution in [0.15, 0.2) is 45.8 Å². The van der Waals surface area contributed by atoms with E-state index >= 15 is 0 Å². The summed E-state index contributed by atoms with van der Waals surface area (Å²) in [5.74, 6) is 0.481. The van der Waals surface area contributed by atoms with Gasteiger partial charge in [0.05, 0.1) is 11.3 Å². The van der Waals surface area contributed by atoms with Crippen LogP contribution in [-0.4, -0.2) is 13.6 Å². The summed E-state index contributed by atoms with van der Waals surface area (Å²) in [5, 5.41) is 3.87. The molecular formula is C17H18N2O3S2. The highest BCUT2D eigenvalue weighted by Crippen LogP contribution is 2.39. The van der Waals surface area contributed by atoms with Crippen molar-refractivity contribution >= 4 is 21.4 Å². The molecule has 0 aliphatic carbocycles. The van der Waals surface area contributed by atoms with Gasteiger partial charge in [-0.15, -0.1) is 11.3 Å². The van der Waals surface area contributed by atoms with Gasteiger partial charge in [0.25, 0.3) is 0 Å². The van der Waals surface area contributed by atoms with Crippen molar-refractivity contribution in [2.45, 2.75) is 32.2 Å². The third kappa shape index (κ3) is 3.28. The molecule has 0 saturated carbocycles. The summed E-state index contributed by atoms with van der Waals surface area (Å²) in [4.78, 5) is 1.90. The van der Waals surface area contributed by atoms with Gasteiger partial charge in [-0.2, -0.15) is 0 Å². The molecule has 2 aromatic heterocycles. The highest BCUT2D eigenvalue weighted by Gasteiger charge is 2.28. The second kappa shape index (κ2) is 6.51. The number of benzene rings is 1. The molecule has 24 heavy (non-hydrogen) atoms. The van der Waals surface area contributed by atoms with E-state index in [0.717, 1.165) is 15.3 Å². The highest BCUT2D eigenvalue weighted by atomic mass is 32.2. The van der Waals surface area contributed by atoms with Crippen molar-refractivity contribution in [2.75, 3.05) is 0 Å². The maximum atomic E-state index is 12.9. The fourth-order valence-corrected chi connectivity index (χ4v) is 5.48. The maximum absolute atomic E-state index is 12.9. The summed E-state index contributed by atoms with van der Waals surface area (Å²) in [6, 6.07) is 11.2. The normalized spacial score (nSPS) is 11.8. The van der Waals surface area contributed by atoms with Crippen LogP contribution in [0.5, 0.6) is 0 Å². The fraction of sp³-hybridized carbons (Fsp3) is 0.235. The maximum Gasteiger partial charge on any atom is 0.242 e. The van der Waals surface area contributed by atoms with Crippen LogP contribution < -0.4 is 4.72 Å². The van der Waals surface area contributed by atoms with E-state index < -0.39 is 10.0 Å². The van der Waals surface area contributed by atoms with Crippen molar-refractivity contribution in [3.63, 3.8) is 0 Å². The van der Waals surface area contributed by atoms with Crippen molar-refractivity contribution in [3.8, 4) is 11.3 Å². The lowest BCUT2D eigenvalue weighted by atomic mass is 10.2. The van der Waals surface area contributed by atoms with Crippen LogP contribution in [0.3, 0.4) is 0 Å². The summed E-state index contributed by atoms with van der Waals surface area (Å²) in [6.45, 7) is 5.75. The number of sulfonamides is 1. The first-order valence-electron chi connectivity index (χ1n) is 7.46. The van der Waals surface area contributed by atoms with Gasteiger partial charge in [0.2, 0.25) is 10.0 Å². The standard InChI is InChI=1S/C17H18N2O3S2/c1-11-9-15(22-19-11)16-12(2)23-13(3)17(16)24(20,21)18-10-14-7-5-4-6-8-14/h4-9,18H,10H2,1-3H3. The number of thiophene rings is 1. The first kappa shape index (κ1) is 16.9. The molecule has 0 aliphatic heterocycles. The first-order valence-corrected chi connectivity index (χ1v) is 9.75. The average molecular weight is 362 g/mol.